The Morgan fingerprint density at radius 1 is 1.06 bits per heavy atom. The lowest BCUT2D eigenvalue weighted by Crippen LogP contribution is -2.13. The minimum absolute atomic E-state index is 0.0665. The zero-order valence-corrected chi connectivity index (χ0v) is 9.60. The number of rotatable bonds is 1. The number of fused-ring (bicyclic) bond motifs is 1. The summed E-state index contributed by atoms with van der Waals surface area (Å²) < 4.78 is 0. The van der Waals surface area contributed by atoms with Crippen molar-refractivity contribution in [1.82, 2.24) is 0 Å². The van der Waals surface area contributed by atoms with E-state index in [0.29, 0.717) is 0 Å². The fourth-order valence-electron chi connectivity index (χ4n) is 2.39. The highest BCUT2D eigenvalue weighted by atomic mass is 16.2. The lowest BCUT2D eigenvalue weighted by atomic mass is 9.92. The van der Waals surface area contributed by atoms with Crippen molar-refractivity contribution in [3.8, 4) is 0 Å². The first kappa shape index (κ1) is 10.1. The van der Waals surface area contributed by atoms with Gasteiger partial charge in [0.15, 0.2) is 0 Å². The Hall–Kier alpha value is -2.09. The molecular weight excluding hydrogens is 210 g/mol. The predicted molar refractivity (Wildman–Crippen MR) is 68.1 cm³/mol. The largest absolute Gasteiger partial charge is 0.325 e. The first-order valence-electron chi connectivity index (χ1n) is 5.72. The van der Waals surface area contributed by atoms with Crippen LogP contribution < -0.4 is 5.32 Å². The smallest absolute Gasteiger partial charge is 0.236 e. The van der Waals surface area contributed by atoms with Crippen LogP contribution in [-0.2, 0) is 4.79 Å². The van der Waals surface area contributed by atoms with Crippen LogP contribution in [0.15, 0.2) is 48.5 Å². The van der Waals surface area contributed by atoms with E-state index in [2.05, 4.69) is 11.4 Å². The van der Waals surface area contributed by atoms with Gasteiger partial charge >= 0.3 is 0 Å². The third-order valence-corrected chi connectivity index (χ3v) is 3.17. The lowest BCUT2D eigenvalue weighted by molar-refractivity contribution is -0.116. The average Bonchev–Trinajstić information content (AvgIpc) is 2.64. The molecule has 0 bridgehead atoms. The number of carbonyl (C=O) groups excluding carboxylic acids is 1. The first-order valence-corrected chi connectivity index (χ1v) is 5.72. The Kier molecular flexibility index (Phi) is 2.22. The van der Waals surface area contributed by atoms with Crippen LogP contribution in [0.4, 0.5) is 5.69 Å². The maximum atomic E-state index is 12.0. The third kappa shape index (κ3) is 1.62. The highest BCUT2D eigenvalue weighted by Gasteiger charge is 2.31. The molecule has 1 unspecified atom stereocenters. The molecule has 0 spiro atoms. The summed E-state index contributed by atoms with van der Waals surface area (Å²) in [6.07, 6.45) is 0. The molecule has 1 aliphatic heterocycles. The SMILES string of the molecule is Cc1cccc(C2C(=O)Nc3ccccc32)c1. The van der Waals surface area contributed by atoms with Crippen LogP contribution in [0.1, 0.15) is 22.6 Å². The van der Waals surface area contributed by atoms with Gasteiger partial charge in [0.05, 0.1) is 5.92 Å². The summed E-state index contributed by atoms with van der Waals surface area (Å²) in [5.41, 5.74) is 4.25. The number of aryl methyl sites for hydroxylation is 1. The molecular formula is C15H13NO. The molecule has 3 rings (SSSR count). The Balaban J connectivity index is 2.13. The molecule has 2 aromatic carbocycles. The van der Waals surface area contributed by atoms with Crippen molar-refractivity contribution in [1.29, 1.82) is 0 Å². The number of anilines is 1. The number of para-hydroxylation sites is 1. The van der Waals surface area contributed by atoms with E-state index in [0.717, 1.165) is 16.8 Å². The Morgan fingerprint density at radius 2 is 1.88 bits per heavy atom. The van der Waals surface area contributed by atoms with Crippen LogP contribution in [0.5, 0.6) is 0 Å². The second-order valence-corrected chi connectivity index (χ2v) is 4.42. The normalized spacial score (nSPS) is 17.7. The second kappa shape index (κ2) is 3.74. The molecule has 2 nitrogen and oxygen atoms in total. The molecule has 17 heavy (non-hydrogen) atoms. The Bertz CT molecular complexity index is 589. The molecule has 2 aromatic rings. The minimum atomic E-state index is -0.161. The van der Waals surface area contributed by atoms with E-state index in [1.54, 1.807) is 0 Å². The topological polar surface area (TPSA) is 29.1 Å². The Morgan fingerprint density at radius 3 is 2.71 bits per heavy atom. The molecule has 84 valence electrons. The number of hydrogen-bond donors (Lipinski definition) is 1. The lowest BCUT2D eigenvalue weighted by Gasteiger charge is -2.09. The summed E-state index contributed by atoms with van der Waals surface area (Å²) in [4.78, 5) is 12.0. The molecule has 0 aromatic heterocycles. The van der Waals surface area contributed by atoms with Gasteiger partial charge in [-0.1, -0.05) is 48.0 Å². The zero-order chi connectivity index (χ0) is 11.8. The maximum absolute atomic E-state index is 12.0. The van der Waals surface area contributed by atoms with Crippen molar-refractivity contribution in [3.63, 3.8) is 0 Å². The van der Waals surface area contributed by atoms with Crippen LogP contribution in [-0.4, -0.2) is 5.91 Å². The predicted octanol–water partition coefficient (Wildman–Crippen LogP) is 3.08. The van der Waals surface area contributed by atoms with Gasteiger partial charge in [-0.25, -0.2) is 0 Å². The van der Waals surface area contributed by atoms with Gasteiger partial charge in [0.2, 0.25) is 5.91 Å². The zero-order valence-electron chi connectivity index (χ0n) is 9.60. The van der Waals surface area contributed by atoms with Crippen molar-refractivity contribution in [2.75, 3.05) is 5.32 Å². The van der Waals surface area contributed by atoms with E-state index >= 15 is 0 Å². The number of nitrogens with one attached hydrogen (secondary N) is 1. The van der Waals surface area contributed by atoms with Gasteiger partial charge in [-0.3, -0.25) is 4.79 Å². The molecule has 1 atom stereocenters. The van der Waals surface area contributed by atoms with Crippen molar-refractivity contribution in [2.45, 2.75) is 12.8 Å². The van der Waals surface area contributed by atoms with E-state index in [9.17, 15) is 4.79 Å². The van der Waals surface area contributed by atoms with Crippen molar-refractivity contribution in [2.24, 2.45) is 0 Å². The van der Waals surface area contributed by atoms with Gasteiger partial charge in [0.25, 0.3) is 0 Å². The average molecular weight is 223 g/mol. The number of hydrogen-bond acceptors (Lipinski definition) is 1. The molecule has 0 fully saturated rings. The standard InChI is InChI=1S/C15H13NO/c1-10-5-4-6-11(9-10)14-12-7-2-3-8-13(12)16-15(14)17/h2-9,14H,1H3,(H,16,17). The van der Waals surface area contributed by atoms with E-state index < -0.39 is 0 Å². The Labute approximate surface area is 100 Å². The summed E-state index contributed by atoms with van der Waals surface area (Å²) in [6, 6.07) is 16.0. The van der Waals surface area contributed by atoms with Gasteiger partial charge < -0.3 is 5.32 Å². The van der Waals surface area contributed by atoms with Crippen LogP contribution in [0.2, 0.25) is 0 Å². The summed E-state index contributed by atoms with van der Waals surface area (Å²) in [5.74, 6) is -0.0945. The molecule has 1 aliphatic rings. The summed E-state index contributed by atoms with van der Waals surface area (Å²) in [7, 11) is 0. The quantitative estimate of drug-likeness (QED) is 0.790. The van der Waals surface area contributed by atoms with E-state index in [4.69, 9.17) is 0 Å². The van der Waals surface area contributed by atoms with Crippen LogP contribution >= 0.6 is 0 Å². The number of carbonyl (C=O) groups is 1. The van der Waals surface area contributed by atoms with Crippen molar-refractivity contribution in [3.05, 3.63) is 65.2 Å². The molecule has 0 saturated heterocycles. The highest BCUT2D eigenvalue weighted by molar-refractivity contribution is 6.05. The molecule has 2 heteroatoms. The summed E-state index contributed by atoms with van der Waals surface area (Å²) in [5, 5.41) is 2.93. The van der Waals surface area contributed by atoms with Crippen LogP contribution in [0.3, 0.4) is 0 Å². The van der Waals surface area contributed by atoms with E-state index in [1.807, 2.05) is 49.4 Å². The fraction of sp³-hybridized carbons (Fsp3) is 0.133. The summed E-state index contributed by atoms with van der Waals surface area (Å²) >= 11 is 0. The van der Waals surface area contributed by atoms with Crippen molar-refractivity contribution < 1.29 is 4.79 Å². The van der Waals surface area contributed by atoms with Gasteiger partial charge in [-0.15, -0.1) is 0 Å². The van der Waals surface area contributed by atoms with Gasteiger partial charge in [-0.2, -0.15) is 0 Å². The maximum Gasteiger partial charge on any atom is 0.236 e. The van der Waals surface area contributed by atoms with Gasteiger partial charge in [0, 0.05) is 5.69 Å². The molecule has 0 radical (unpaired) electrons. The third-order valence-electron chi connectivity index (χ3n) is 3.17. The number of amides is 1. The van der Waals surface area contributed by atoms with Gasteiger partial charge in [0.1, 0.15) is 0 Å². The second-order valence-electron chi connectivity index (χ2n) is 4.42. The minimum Gasteiger partial charge on any atom is -0.325 e. The molecule has 1 N–H and O–H groups in total. The molecule has 0 aliphatic carbocycles. The van der Waals surface area contributed by atoms with Gasteiger partial charge in [-0.05, 0) is 24.1 Å². The monoisotopic (exact) mass is 223 g/mol. The molecule has 1 amide bonds. The molecule has 1 heterocycles. The van der Waals surface area contributed by atoms with Crippen LogP contribution in [0.25, 0.3) is 0 Å². The fourth-order valence-corrected chi connectivity index (χ4v) is 2.39. The molecule has 0 saturated carbocycles. The van der Waals surface area contributed by atoms with E-state index in [-0.39, 0.29) is 11.8 Å². The van der Waals surface area contributed by atoms with Crippen molar-refractivity contribution >= 4 is 11.6 Å². The van der Waals surface area contributed by atoms with Crippen LogP contribution in [0, 0.1) is 6.92 Å². The van der Waals surface area contributed by atoms with E-state index in [1.165, 1.54) is 5.56 Å². The summed E-state index contributed by atoms with van der Waals surface area (Å²) in [6.45, 7) is 2.04. The first-order chi connectivity index (χ1) is 8.25. The highest BCUT2D eigenvalue weighted by Crippen LogP contribution is 2.36. The number of benzene rings is 2.